The van der Waals surface area contributed by atoms with E-state index in [9.17, 15) is 4.79 Å². The molecule has 0 fully saturated rings. The first kappa shape index (κ1) is 16.0. The van der Waals surface area contributed by atoms with Gasteiger partial charge < -0.3 is 19.5 Å². The van der Waals surface area contributed by atoms with Gasteiger partial charge in [-0.25, -0.2) is 0 Å². The van der Waals surface area contributed by atoms with Crippen molar-refractivity contribution in [2.45, 2.75) is 13.8 Å². The summed E-state index contributed by atoms with van der Waals surface area (Å²) in [6.45, 7) is 3.80. The molecule has 0 bridgehead atoms. The first-order valence-corrected chi connectivity index (χ1v) is 7.41. The summed E-state index contributed by atoms with van der Waals surface area (Å²) in [4.78, 5) is 11.0. The summed E-state index contributed by atoms with van der Waals surface area (Å²) in [5.41, 5.74) is 0.770. The van der Waals surface area contributed by atoms with Crippen molar-refractivity contribution in [3.8, 4) is 27.8 Å². The van der Waals surface area contributed by atoms with Crippen molar-refractivity contribution in [3.63, 3.8) is 0 Å². The molecular weight excluding hydrogens is 306 g/mol. The molecule has 1 aromatic heterocycles. The number of carbonyl (C=O) groups is 1. The predicted octanol–water partition coefficient (Wildman–Crippen LogP) is 2.58. The molecule has 1 N–H and O–H groups in total. The van der Waals surface area contributed by atoms with Crippen LogP contribution in [-0.4, -0.2) is 36.9 Å². The Morgan fingerprint density at radius 1 is 1.23 bits per heavy atom. The zero-order chi connectivity index (χ0) is 16.1. The summed E-state index contributed by atoms with van der Waals surface area (Å²) in [5, 5.41) is 11.7. The Bertz CT molecular complexity index is 647. The lowest BCUT2D eigenvalue weighted by Crippen LogP contribution is -2.04. The van der Waals surface area contributed by atoms with Crippen molar-refractivity contribution < 1.29 is 19.0 Å². The number of hydrogen-bond acceptors (Lipinski definition) is 7. The second-order valence-electron chi connectivity index (χ2n) is 4.24. The smallest absolute Gasteiger partial charge is 0.223 e. The quantitative estimate of drug-likeness (QED) is 0.880. The van der Waals surface area contributed by atoms with Crippen molar-refractivity contribution in [1.82, 2.24) is 10.2 Å². The molecule has 118 valence electrons. The molecule has 0 saturated carbocycles. The van der Waals surface area contributed by atoms with Crippen LogP contribution in [0.4, 0.5) is 5.13 Å². The highest BCUT2D eigenvalue weighted by Gasteiger charge is 2.17. The van der Waals surface area contributed by atoms with Crippen LogP contribution in [0.5, 0.6) is 17.2 Å². The van der Waals surface area contributed by atoms with Crippen molar-refractivity contribution in [2.75, 3.05) is 26.1 Å². The number of hydrogen-bond donors (Lipinski definition) is 1. The molecule has 0 aliphatic heterocycles. The number of aromatic nitrogens is 2. The van der Waals surface area contributed by atoms with Crippen molar-refractivity contribution in [3.05, 3.63) is 12.1 Å². The Balaban J connectivity index is 2.42. The molecule has 0 saturated heterocycles. The number of nitrogens with zero attached hydrogens (tertiary/aromatic N) is 2. The molecule has 2 rings (SSSR count). The average Bonchev–Trinajstić information content (AvgIpc) is 2.95. The lowest BCUT2D eigenvalue weighted by molar-refractivity contribution is -0.114. The number of methoxy groups -OCH3 is 2. The van der Waals surface area contributed by atoms with E-state index in [-0.39, 0.29) is 5.91 Å². The molecular formula is C14H17N3O4S. The lowest BCUT2D eigenvalue weighted by atomic mass is 10.2. The Labute approximate surface area is 132 Å². The largest absolute Gasteiger partial charge is 0.493 e. The topological polar surface area (TPSA) is 82.6 Å². The minimum atomic E-state index is -0.190. The summed E-state index contributed by atoms with van der Waals surface area (Å²) >= 11 is 1.27. The fraction of sp³-hybridized carbons (Fsp3) is 0.357. The zero-order valence-corrected chi connectivity index (χ0v) is 13.6. The minimum absolute atomic E-state index is 0.190. The summed E-state index contributed by atoms with van der Waals surface area (Å²) in [7, 11) is 3.12. The fourth-order valence-corrected chi connectivity index (χ4v) is 2.61. The summed E-state index contributed by atoms with van der Waals surface area (Å²) in [6, 6.07) is 3.59. The van der Waals surface area contributed by atoms with E-state index in [0.717, 1.165) is 5.56 Å². The molecule has 1 aromatic carbocycles. The Hall–Kier alpha value is -2.35. The summed E-state index contributed by atoms with van der Waals surface area (Å²) in [6.07, 6.45) is 0. The van der Waals surface area contributed by atoms with Gasteiger partial charge in [0.15, 0.2) is 11.5 Å². The molecule has 22 heavy (non-hydrogen) atoms. The maximum atomic E-state index is 11.0. The van der Waals surface area contributed by atoms with Gasteiger partial charge in [0.05, 0.1) is 20.8 Å². The standard InChI is InChI=1S/C14H17N3O4S/c1-5-21-12-10(19-3)6-9(7-11(12)20-4)13-16-17-14(22-13)15-8(2)18/h6-7H,5H2,1-4H3,(H,15,17,18). The Morgan fingerprint density at radius 2 is 1.86 bits per heavy atom. The van der Waals surface area contributed by atoms with Gasteiger partial charge in [0.2, 0.25) is 16.8 Å². The first-order chi connectivity index (χ1) is 10.6. The predicted molar refractivity (Wildman–Crippen MR) is 83.9 cm³/mol. The molecule has 1 amide bonds. The molecule has 0 radical (unpaired) electrons. The van der Waals surface area contributed by atoms with E-state index >= 15 is 0 Å². The number of nitrogens with one attached hydrogen (secondary N) is 1. The Morgan fingerprint density at radius 3 is 2.36 bits per heavy atom. The number of rotatable bonds is 6. The number of benzene rings is 1. The van der Waals surface area contributed by atoms with Crippen molar-refractivity contribution >= 4 is 22.4 Å². The van der Waals surface area contributed by atoms with Crippen LogP contribution in [0.2, 0.25) is 0 Å². The number of carbonyl (C=O) groups excluding carboxylic acids is 1. The lowest BCUT2D eigenvalue weighted by Gasteiger charge is -2.14. The van der Waals surface area contributed by atoms with Crippen LogP contribution >= 0.6 is 11.3 Å². The fourth-order valence-electron chi connectivity index (χ4n) is 1.83. The molecule has 0 aliphatic carbocycles. The van der Waals surface area contributed by atoms with Gasteiger partial charge in [-0.05, 0) is 19.1 Å². The third-order valence-electron chi connectivity index (χ3n) is 2.70. The molecule has 0 aliphatic rings. The molecule has 0 unspecified atom stereocenters. The minimum Gasteiger partial charge on any atom is -0.493 e. The zero-order valence-electron chi connectivity index (χ0n) is 12.8. The van der Waals surface area contributed by atoms with Gasteiger partial charge in [-0.15, -0.1) is 10.2 Å². The normalized spacial score (nSPS) is 10.2. The van der Waals surface area contributed by atoms with Crippen molar-refractivity contribution in [2.24, 2.45) is 0 Å². The van der Waals surface area contributed by atoms with Crippen LogP contribution in [0, 0.1) is 0 Å². The van der Waals surface area contributed by atoms with E-state index in [1.807, 2.05) is 6.92 Å². The second kappa shape index (κ2) is 7.08. The summed E-state index contributed by atoms with van der Waals surface area (Å²) < 4.78 is 16.3. The summed E-state index contributed by atoms with van der Waals surface area (Å²) in [5.74, 6) is 1.45. The number of anilines is 1. The average molecular weight is 323 g/mol. The molecule has 8 heteroatoms. The number of amides is 1. The first-order valence-electron chi connectivity index (χ1n) is 6.59. The third-order valence-corrected chi connectivity index (χ3v) is 3.59. The van der Waals surface area contributed by atoms with Gasteiger partial charge in [0.1, 0.15) is 5.01 Å². The SMILES string of the molecule is CCOc1c(OC)cc(-c2nnc(NC(C)=O)s2)cc1OC. The maximum absolute atomic E-state index is 11.0. The van der Waals surface area contributed by atoms with E-state index in [0.29, 0.717) is 34.0 Å². The highest BCUT2D eigenvalue weighted by atomic mass is 32.1. The van der Waals surface area contributed by atoms with Crippen LogP contribution in [-0.2, 0) is 4.79 Å². The van der Waals surface area contributed by atoms with Gasteiger partial charge in [-0.1, -0.05) is 11.3 Å². The van der Waals surface area contributed by atoms with Crippen molar-refractivity contribution in [1.29, 1.82) is 0 Å². The van der Waals surface area contributed by atoms with Crippen LogP contribution < -0.4 is 19.5 Å². The van der Waals surface area contributed by atoms with Crippen LogP contribution in [0.1, 0.15) is 13.8 Å². The maximum Gasteiger partial charge on any atom is 0.223 e. The highest BCUT2D eigenvalue weighted by molar-refractivity contribution is 7.18. The van der Waals surface area contributed by atoms with E-state index in [4.69, 9.17) is 14.2 Å². The van der Waals surface area contributed by atoms with Gasteiger partial charge in [-0.3, -0.25) is 4.79 Å². The van der Waals surface area contributed by atoms with Gasteiger partial charge in [-0.2, -0.15) is 0 Å². The highest BCUT2D eigenvalue weighted by Crippen LogP contribution is 2.42. The second-order valence-corrected chi connectivity index (χ2v) is 5.21. The molecule has 1 heterocycles. The van der Waals surface area contributed by atoms with Gasteiger partial charge >= 0.3 is 0 Å². The van der Waals surface area contributed by atoms with E-state index in [1.165, 1.54) is 18.3 Å². The molecule has 2 aromatic rings. The molecule has 0 atom stereocenters. The van der Waals surface area contributed by atoms with Gasteiger partial charge in [0, 0.05) is 12.5 Å². The van der Waals surface area contributed by atoms with Crippen LogP contribution in [0.25, 0.3) is 10.6 Å². The molecule has 7 nitrogen and oxygen atoms in total. The van der Waals surface area contributed by atoms with E-state index < -0.39 is 0 Å². The monoisotopic (exact) mass is 323 g/mol. The van der Waals surface area contributed by atoms with Crippen LogP contribution in [0.3, 0.4) is 0 Å². The van der Waals surface area contributed by atoms with Gasteiger partial charge in [0.25, 0.3) is 0 Å². The Kier molecular flexibility index (Phi) is 5.16. The van der Waals surface area contributed by atoms with Crippen LogP contribution in [0.15, 0.2) is 12.1 Å². The molecule has 0 spiro atoms. The third kappa shape index (κ3) is 3.45. The number of ether oxygens (including phenoxy) is 3. The van der Waals surface area contributed by atoms with E-state index in [2.05, 4.69) is 15.5 Å². The van der Waals surface area contributed by atoms with E-state index in [1.54, 1.807) is 26.4 Å².